The van der Waals surface area contributed by atoms with Gasteiger partial charge in [0.2, 0.25) is 0 Å². The van der Waals surface area contributed by atoms with Gasteiger partial charge in [0.15, 0.2) is 0 Å². The molecule has 0 radical (unpaired) electrons. The van der Waals surface area contributed by atoms with Crippen LogP contribution >= 0.6 is 0 Å². The van der Waals surface area contributed by atoms with E-state index in [4.69, 9.17) is 9.84 Å². The minimum atomic E-state index is -0.870. The predicted octanol–water partition coefficient (Wildman–Crippen LogP) is 2.21. The van der Waals surface area contributed by atoms with E-state index in [0.717, 1.165) is 55.1 Å². The molecule has 1 atom stereocenters. The summed E-state index contributed by atoms with van der Waals surface area (Å²) < 4.78 is 5.52. The van der Waals surface area contributed by atoms with Crippen LogP contribution in [0.4, 0.5) is 11.4 Å². The quantitative estimate of drug-likeness (QED) is 0.552. The zero-order valence-electron chi connectivity index (χ0n) is 17.1. The van der Waals surface area contributed by atoms with Crippen LogP contribution in [0.25, 0.3) is 0 Å². The van der Waals surface area contributed by atoms with E-state index in [9.17, 15) is 9.59 Å². The lowest BCUT2D eigenvalue weighted by Crippen LogP contribution is -2.35. The van der Waals surface area contributed by atoms with Crippen LogP contribution in [0, 0.1) is 12.8 Å². The van der Waals surface area contributed by atoms with Gasteiger partial charge >= 0.3 is 5.97 Å². The van der Waals surface area contributed by atoms with Crippen LogP contribution in [-0.4, -0.2) is 42.4 Å². The molecular weight excluding hydrogens is 384 g/mol. The molecule has 4 N–H and O–H groups in total. The molecule has 8 nitrogen and oxygen atoms in total. The van der Waals surface area contributed by atoms with Gasteiger partial charge in [0.1, 0.15) is 6.17 Å². The molecule has 4 rings (SSSR count). The third kappa shape index (κ3) is 4.49. The third-order valence-electron chi connectivity index (χ3n) is 5.80. The number of aliphatic carboxylic acids is 1. The highest BCUT2D eigenvalue weighted by atomic mass is 16.5. The normalized spacial score (nSPS) is 18.8. The molecule has 0 aliphatic carbocycles. The lowest BCUT2D eigenvalue weighted by Gasteiger charge is -2.32. The van der Waals surface area contributed by atoms with Crippen molar-refractivity contribution in [1.29, 1.82) is 0 Å². The maximum atomic E-state index is 11.8. The number of nitrogens with zero attached hydrogens (tertiary/aromatic N) is 1. The largest absolute Gasteiger partial charge is 0.480 e. The van der Waals surface area contributed by atoms with E-state index in [1.165, 1.54) is 0 Å². The summed E-state index contributed by atoms with van der Waals surface area (Å²) in [7, 11) is 0. The van der Waals surface area contributed by atoms with Gasteiger partial charge in [-0.15, -0.1) is 0 Å². The van der Waals surface area contributed by atoms with Crippen LogP contribution in [0.2, 0.25) is 0 Å². The number of benzene rings is 1. The van der Waals surface area contributed by atoms with Crippen LogP contribution in [0.5, 0.6) is 0 Å². The SMILES string of the molecule is Cc1cc(C2Nc3cc(CNCC(=O)O)ccc3N2CC2CCOCC2)c[nH]c1=O. The van der Waals surface area contributed by atoms with Crippen molar-refractivity contribution in [3.05, 3.63) is 57.5 Å². The Morgan fingerprint density at radius 3 is 2.83 bits per heavy atom. The number of nitrogens with one attached hydrogen (secondary N) is 3. The molecule has 160 valence electrons. The number of carboxylic acids is 1. The molecule has 1 saturated heterocycles. The number of aromatic amines is 1. The Morgan fingerprint density at radius 2 is 2.10 bits per heavy atom. The Balaban J connectivity index is 1.60. The zero-order valence-corrected chi connectivity index (χ0v) is 17.1. The Labute approximate surface area is 175 Å². The van der Waals surface area contributed by atoms with E-state index in [-0.39, 0.29) is 18.3 Å². The number of H-pyrrole nitrogens is 1. The van der Waals surface area contributed by atoms with Crippen molar-refractivity contribution in [3.63, 3.8) is 0 Å². The van der Waals surface area contributed by atoms with Crippen molar-refractivity contribution in [3.8, 4) is 0 Å². The number of carboxylic acid groups (broad SMARTS) is 1. The minimum Gasteiger partial charge on any atom is -0.480 e. The Morgan fingerprint density at radius 1 is 1.30 bits per heavy atom. The lowest BCUT2D eigenvalue weighted by molar-refractivity contribution is -0.135. The van der Waals surface area contributed by atoms with E-state index in [1.54, 1.807) is 6.20 Å². The van der Waals surface area contributed by atoms with Gasteiger partial charge in [-0.2, -0.15) is 0 Å². The second-order valence-electron chi connectivity index (χ2n) is 8.05. The van der Waals surface area contributed by atoms with Crippen LogP contribution in [-0.2, 0) is 16.1 Å². The Hall–Kier alpha value is -2.84. The molecule has 1 fully saturated rings. The maximum Gasteiger partial charge on any atom is 0.317 e. The average molecular weight is 412 g/mol. The summed E-state index contributed by atoms with van der Waals surface area (Å²) in [6, 6.07) is 8.14. The van der Waals surface area contributed by atoms with Gasteiger partial charge in [-0.25, -0.2) is 0 Å². The number of aromatic nitrogens is 1. The van der Waals surface area contributed by atoms with Crippen LogP contribution in [0.1, 0.15) is 35.7 Å². The Bertz CT molecular complexity index is 968. The van der Waals surface area contributed by atoms with Crippen molar-refractivity contribution in [1.82, 2.24) is 10.3 Å². The van der Waals surface area contributed by atoms with Gasteiger partial charge < -0.3 is 30.4 Å². The molecule has 1 aromatic heterocycles. The first-order valence-corrected chi connectivity index (χ1v) is 10.4. The minimum absolute atomic E-state index is 0.0689. The Kier molecular flexibility index (Phi) is 6.06. The van der Waals surface area contributed by atoms with E-state index in [0.29, 0.717) is 18.0 Å². The number of pyridine rings is 1. The van der Waals surface area contributed by atoms with E-state index >= 15 is 0 Å². The highest BCUT2D eigenvalue weighted by Gasteiger charge is 2.32. The number of aryl methyl sites for hydroxylation is 1. The van der Waals surface area contributed by atoms with Crippen LogP contribution in [0.15, 0.2) is 35.3 Å². The molecule has 2 aliphatic rings. The second-order valence-corrected chi connectivity index (χ2v) is 8.05. The smallest absolute Gasteiger partial charge is 0.317 e. The molecule has 0 amide bonds. The fourth-order valence-electron chi connectivity index (χ4n) is 4.19. The fraction of sp³-hybridized carbons (Fsp3) is 0.455. The number of fused-ring (bicyclic) bond motifs is 1. The zero-order chi connectivity index (χ0) is 21.1. The molecule has 0 bridgehead atoms. The predicted molar refractivity (Wildman–Crippen MR) is 115 cm³/mol. The van der Waals surface area contributed by atoms with Crippen molar-refractivity contribution in [2.45, 2.75) is 32.5 Å². The lowest BCUT2D eigenvalue weighted by atomic mass is 9.99. The maximum absolute atomic E-state index is 11.8. The first-order valence-electron chi connectivity index (χ1n) is 10.4. The first-order chi connectivity index (χ1) is 14.5. The standard InChI is InChI=1S/C22H28N4O4/c1-14-8-17(11-24-22(14)29)21-25-18-9-16(10-23-12-20(27)28)2-3-19(18)26(21)13-15-4-6-30-7-5-15/h2-3,8-9,11,15,21,23,25H,4-7,10,12-13H2,1H3,(H,24,29)(H,27,28). The summed E-state index contributed by atoms with van der Waals surface area (Å²) in [4.78, 5) is 27.8. The number of ether oxygens (including phenoxy) is 1. The average Bonchev–Trinajstić information content (AvgIpc) is 3.08. The highest BCUT2D eigenvalue weighted by Crippen LogP contribution is 2.42. The van der Waals surface area contributed by atoms with Crippen LogP contribution in [0.3, 0.4) is 0 Å². The molecule has 30 heavy (non-hydrogen) atoms. The van der Waals surface area contributed by atoms with E-state index < -0.39 is 5.97 Å². The first kappa shape index (κ1) is 20.4. The molecule has 1 unspecified atom stereocenters. The fourth-order valence-corrected chi connectivity index (χ4v) is 4.19. The van der Waals surface area contributed by atoms with Gasteiger partial charge in [0.05, 0.1) is 17.9 Å². The monoisotopic (exact) mass is 412 g/mol. The van der Waals surface area contributed by atoms with Gasteiger partial charge in [0, 0.05) is 43.6 Å². The summed E-state index contributed by atoms with van der Waals surface area (Å²) >= 11 is 0. The number of hydrogen-bond acceptors (Lipinski definition) is 6. The van der Waals surface area contributed by atoms with Gasteiger partial charge in [0.25, 0.3) is 5.56 Å². The number of anilines is 2. The molecule has 8 heteroatoms. The van der Waals surface area contributed by atoms with E-state index in [2.05, 4.69) is 32.7 Å². The molecule has 2 aromatic rings. The number of rotatable bonds is 7. The summed E-state index contributed by atoms with van der Waals surface area (Å²) in [6.07, 6.45) is 3.80. The molecule has 0 spiro atoms. The van der Waals surface area contributed by atoms with Crippen molar-refractivity contribution in [2.75, 3.05) is 36.5 Å². The highest BCUT2D eigenvalue weighted by molar-refractivity contribution is 5.77. The molecular formula is C22H28N4O4. The third-order valence-corrected chi connectivity index (χ3v) is 5.80. The summed E-state index contributed by atoms with van der Waals surface area (Å²) in [5, 5.41) is 15.4. The summed E-state index contributed by atoms with van der Waals surface area (Å²) in [6.45, 7) is 4.75. The van der Waals surface area contributed by atoms with E-state index in [1.807, 2.05) is 19.1 Å². The van der Waals surface area contributed by atoms with Gasteiger partial charge in [-0.05, 0) is 49.4 Å². The van der Waals surface area contributed by atoms with Crippen LogP contribution < -0.4 is 21.1 Å². The van der Waals surface area contributed by atoms with Gasteiger partial charge in [-0.3, -0.25) is 9.59 Å². The van der Waals surface area contributed by atoms with Crippen molar-refractivity contribution >= 4 is 17.3 Å². The topological polar surface area (TPSA) is 107 Å². The molecule has 3 heterocycles. The number of hydrogen-bond donors (Lipinski definition) is 4. The molecule has 0 saturated carbocycles. The van der Waals surface area contributed by atoms with Gasteiger partial charge in [-0.1, -0.05) is 6.07 Å². The van der Waals surface area contributed by atoms with Crippen molar-refractivity contribution < 1.29 is 14.6 Å². The molecule has 1 aromatic carbocycles. The number of carbonyl (C=O) groups is 1. The molecule has 2 aliphatic heterocycles. The summed E-state index contributed by atoms with van der Waals surface area (Å²) in [5.41, 5.74) is 4.79. The van der Waals surface area contributed by atoms with Crippen molar-refractivity contribution in [2.24, 2.45) is 5.92 Å². The summed E-state index contributed by atoms with van der Waals surface area (Å²) in [5.74, 6) is -0.319. The second kappa shape index (κ2) is 8.89.